The van der Waals surface area contributed by atoms with E-state index >= 15 is 0 Å². The zero-order valence-corrected chi connectivity index (χ0v) is 9.31. The van der Waals surface area contributed by atoms with Crippen LogP contribution in [0.5, 0.6) is 0 Å². The van der Waals surface area contributed by atoms with Gasteiger partial charge in [0.25, 0.3) is 0 Å². The molecule has 0 aromatic rings. The highest BCUT2D eigenvalue weighted by Crippen LogP contribution is 1.86. The minimum Gasteiger partial charge on any atom is -0.383 e. The Morgan fingerprint density at radius 2 is 1.92 bits per heavy atom. The molecule has 0 aliphatic rings. The summed E-state index contributed by atoms with van der Waals surface area (Å²) in [6.45, 7) is 10.7. The molecule has 0 radical (unpaired) electrons. The molecule has 3 nitrogen and oxygen atoms in total. The van der Waals surface area contributed by atoms with E-state index in [9.17, 15) is 0 Å². The number of ether oxygens (including phenoxy) is 1. The van der Waals surface area contributed by atoms with Crippen molar-refractivity contribution >= 4 is 0 Å². The Hall–Kier alpha value is -0.120. The summed E-state index contributed by atoms with van der Waals surface area (Å²) in [5, 5.41) is 3.39. The summed E-state index contributed by atoms with van der Waals surface area (Å²) < 4.78 is 5.04. The zero-order valence-electron chi connectivity index (χ0n) is 9.31. The van der Waals surface area contributed by atoms with Gasteiger partial charge in [0.2, 0.25) is 0 Å². The molecule has 0 aliphatic carbocycles. The fourth-order valence-corrected chi connectivity index (χ4v) is 1.19. The van der Waals surface area contributed by atoms with Crippen molar-refractivity contribution in [2.24, 2.45) is 0 Å². The van der Waals surface area contributed by atoms with Crippen LogP contribution in [0.2, 0.25) is 0 Å². The van der Waals surface area contributed by atoms with Crippen molar-refractivity contribution in [2.45, 2.75) is 20.3 Å². The minimum absolute atomic E-state index is 0.835. The van der Waals surface area contributed by atoms with Gasteiger partial charge in [0.05, 0.1) is 6.61 Å². The minimum atomic E-state index is 0.835. The van der Waals surface area contributed by atoms with Crippen LogP contribution in [0.25, 0.3) is 0 Å². The molecular formula is C10H24N2O. The molecule has 0 amide bonds. The average Bonchev–Trinajstić information content (AvgIpc) is 2.17. The van der Waals surface area contributed by atoms with Crippen LogP contribution in [0.1, 0.15) is 20.3 Å². The quantitative estimate of drug-likeness (QED) is 0.545. The van der Waals surface area contributed by atoms with Gasteiger partial charge in [0.15, 0.2) is 0 Å². The van der Waals surface area contributed by atoms with E-state index in [1.807, 2.05) is 0 Å². The molecule has 0 saturated heterocycles. The second-order valence-electron chi connectivity index (χ2n) is 3.18. The molecule has 0 unspecified atom stereocenters. The van der Waals surface area contributed by atoms with Gasteiger partial charge in [-0.25, -0.2) is 0 Å². The summed E-state index contributed by atoms with van der Waals surface area (Å²) in [5.74, 6) is 0. The monoisotopic (exact) mass is 188 g/mol. The average molecular weight is 188 g/mol. The van der Waals surface area contributed by atoms with Crippen molar-refractivity contribution < 1.29 is 4.74 Å². The highest BCUT2D eigenvalue weighted by Gasteiger charge is 1.99. The van der Waals surface area contributed by atoms with Gasteiger partial charge < -0.3 is 15.0 Å². The van der Waals surface area contributed by atoms with Crippen molar-refractivity contribution in [1.29, 1.82) is 0 Å². The van der Waals surface area contributed by atoms with Crippen LogP contribution in [0.4, 0.5) is 0 Å². The van der Waals surface area contributed by atoms with Crippen LogP contribution in [0.3, 0.4) is 0 Å². The number of nitrogens with zero attached hydrogens (tertiary/aromatic N) is 1. The maximum Gasteiger partial charge on any atom is 0.0589 e. The van der Waals surface area contributed by atoms with E-state index in [-0.39, 0.29) is 0 Å². The largest absolute Gasteiger partial charge is 0.383 e. The second-order valence-corrected chi connectivity index (χ2v) is 3.18. The number of rotatable bonds is 9. The number of likely N-dealkylation sites (N-methyl/N-ethyl adjacent to an activating group) is 1. The van der Waals surface area contributed by atoms with Gasteiger partial charge in [-0.05, 0) is 19.5 Å². The summed E-state index contributed by atoms with van der Waals surface area (Å²) in [6, 6.07) is 0. The third-order valence-electron chi connectivity index (χ3n) is 2.09. The molecular weight excluding hydrogens is 164 g/mol. The van der Waals surface area contributed by atoms with Crippen molar-refractivity contribution in [2.75, 3.05) is 46.4 Å². The van der Waals surface area contributed by atoms with E-state index in [0.29, 0.717) is 0 Å². The molecule has 13 heavy (non-hydrogen) atoms. The summed E-state index contributed by atoms with van der Waals surface area (Å²) in [6.07, 6.45) is 1.21. The SMILES string of the molecule is CCCNCCN(CC)CCOC. The summed E-state index contributed by atoms with van der Waals surface area (Å²) >= 11 is 0. The lowest BCUT2D eigenvalue weighted by atomic mass is 10.4. The molecule has 0 rings (SSSR count). The van der Waals surface area contributed by atoms with Crippen LogP contribution in [-0.2, 0) is 4.74 Å². The highest BCUT2D eigenvalue weighted by atomic mass is 16.5. The summed E-state index contributed by atoms with van der Waals surface area (Å²) in [5.41, 5.74) is 0. The Labute approximate surface area is 82.4 Å². The van der Waals surface area contributed by atoms with E-state index < -0.39 is 0 Å². The standard InChI is InChI=1S/C10H24N2O/c1-4-6-11-7-8-12(5-2)9-10-13-3/h11H,4-10H2,1-3H3. The van der Waals surface area contributed by atoms with E-state index in [0.717, 1.165) is 39.3 Å². The van der Waals surface area contributed by atoms with E-state index in [1.54, 1.807) is 7.11 Å². The van der Waals surface area contributed by atoms with Crippen molar-refractivity contribution in [1.82, 2.24) is 10.2 Å². The number of methoxy groups -OCH3 is 1. The topological polar surface area (TPSA) is 24.5 Å². The smallest absolute Gasteiger partial charge is 0.0589 e. The van der Waals surface area contributed by atoms with Gasteiger partial charge in [-0.3, -0.25) is 0 Å². The van der Waals surface area contributed by atoms with Crippen LogP contribution in [-0.4, -0.2) is 51.3 Å². The number of hydrogen-bond donors (Lipinski definition) is 1. The molecule has 1 N–H and O–H groups in total. The first-order valence-corrected chi connectivity index (χ1v) is 5.27. The summed E-state index contributed by atoms with van der Waals surface area (Å²) in [4.78, 5) is 2.40. The molecule has 0 saturated carbocycles. The molecule has 0 atom stereocenters. The van der Waals surface area contributed by atoms with E-state index in [1.165, 1.54) is 6.42 Å². The van der Waals surface area contributed by atoms with Gasteiger partial charge in [0, 0.05) is 26.7 Å². The van der Waals surface area contributed by atoms with Crippen molar-refractivity contribution in [3.63, 3.8) is 0 Å². The van der Waals surface area contributed by atoms with Gasteiger partial charge in [-0.2, -0.15) is 0 Å². The molecule has 0 heterocycles. The van der Waals surface area contributed by atoms with Gasteiger partial charge in [-0.15, -0.1) is 0 Å². The Morgan fingerprint density at radius 3 is 2.46 bits per heavy atom. The first kappa shape index (κ1) is 12.9. The normalized spacial score (nSPS) is 11.1. The predicted octanol–water partition coefficient (Wildman–Crippen LogP) is 0.954. The molecule has 0 bridgehead atoms. The summed E-state index contributed by atoms with van der Waals surface area (Å²) in [7, 11) is 1.75. The van der Waals surface area contributed by atoms with Gasteiger partial charge in [0.1, 0.15) is 0 Å². The molecule has 0 aromatic heterocycles. The maximum atomic E-state index is 5.04. The Kier molecular flexibility index (Phi) is 9.87. The predicted molar refractivity (Wildman–Crippen MR) is 57.2 cm³/mol. The Bertz CT molecular complexity index is 98.9. The van der Waals surface area contributed by atoms with Crippen LogP contribution < -0.4 is 5.32 Å². The van der Waals surface area contributed by atoms with Gasteiger partial charge in [-0.1, -0.05) is 13.8 Å². The third kappa shape index (κ3) is 8.22. The van der Waals surface area contributed by atoms with Crippen LogP contribution >= 0.6 is 0 Å². The van der Waals surface area contributed by atoms with Crippen LogP contribution in [0, 0.1) is 0 Å². The lowest BCUT2D eigenvalue weighted by Gasteiger charge is -2.19. The zero-order chi connectivity index (χ0) is 9.94. The Morgan fingerprint density at radius 1 is 1.15 bits per heavy atom. The lowest BCUT2D eigenvalue weighted by Crippen LogP contribution is -2.34. The third-order valence-corrected chi connectivity index (χ3v) is 2.09. The Balaban J connectivity index is 3.25. The molecule has 0 aliphatic heterocycles. The first-order valence-electron chi connectivity index (χ1n) is 5.27. The van der Waals surface area contributed by atoms with Crippen molar-refractivity contribution in [3.8, 4) is 0 Å². The molecule has 0 spiro atoms. The lowest BCUT2D eigenvalue weighted by molar-refractivity contribution is 0.151. The maximum absolute atomic E-state index is 5.04. The molecule has 80 valence electrons. The van der Waals surface area contributed by atoms with Crippen LogP contribution in [0.15, 0.2) is 0 Å². The highest BCUT2D eigenvalue weighted by molar-refractivity contribution is 4.57. The molecule has 3 heteroatoms. The fraction of sp³-hybridized carbons (Fsp3) is 1.00. The van der Waals surface area contributed by atoms with Gasteiger partial charge >= 0.3 is 0 Å². The number of nitrogens with one attached hydrogen (secondary N) is 1. The molecule has 0 fully saturated rings. The first-order chi connectivity index (χ1) is 6.35. The van der Waals surface area contributed by atoms with E-state index in [4.69, 9.17) is 4.74 Å². The fourth-order valence-electron chi connectivity index (χ4n) is 1.19. The molecule has 0 aromatic carbocycles. The van der Waals surface area contributed by atoms with E-state index in [2.05, 4.69) is 24.1 Å². The number of hydrogen-bond acceptors (Lipinski definition) is 3. The second kappa shape index (κ2) is 9.96. The van der Waals surface area contributed by atoms with Crippen molar-refractivity contribution in [3.05, 3.63) is 0 Å².